The van der Waals surface area contributed by atoms with E-state index in [9.17, 15) is 14.4 Å². The van der Waals surface area contributed by atoms with Gasteiger partial charge in [-0.3, -0.25) is 19.4 Å². The van der Waals surface area contributed by atoms with Crippen molar-refractivity contribution in [3.05, 3.63) is 113 Å². The van der Waals surface area contributed by atoms with E-state index in [2.05, 4.69) is 47.6 Å². The minimum absolute atomic E-state index is 0.0115. The van der Waals surface area contributed by atoms with Crippen molar-refractivity contribution in [2.24, 2.45) is 0 Å². The zero-order valence-corrected chi connectivity index (χ0v) is 41.7. The number of rotatable bonds is 37. The highest BCUT2D eigenvalue weighted by atomic mass is 32.2. The van der Waals surface area contributed by atoms with Crippen LogP contribution >= 0.6 is 11.8 Å². The monoisotopic (exact) mass is 988 g/mol. The molecule has 3 N–H and O–H groups in total. The lowest BCUT2D eigenvalue weighted by molar-refractivity contribution is -0.138. The fraction of sp³-hybridized carbons (Fsp3) is 0.509. The van der Waals surface area contributed by atoms with E-state index in [4.69, 9.17) is 48.0 Å². The summed E-state index contributed by atoms with van der Waals surface area (Å²) in [7, 11) is 0. The van der Waals surface area contributed by atoms with Crippen molar-refractivity contribution in [2.45, 2.75) is 51.3 Å². The average molecular weight is 989 g/mol. The Labute approximate surface area is 417 Å². The lowest BCUT2D eigenvalue weighted by Gasteiger charge is -2.26. The first-order valence-electron chi connectivity index (χ1n) is 24.4. The van der Waals surface area contributed by atoms with Gasteiger partial charge in [-0.25, -0.2) is 0 Å². The molecule has 0 fully saturated rings. The van der Waals surface area contributed by atoms with Crippen molar-refractivity contribution in [2.75, 3.05) is 135 Å². The highest BCUT2D eigenvalue weighted by Crippen LogP contribution is 2.33. The minimum Gasteiger partial charge on any atom is -0.481 e. The minimum atomic E-state index is -0.880. The first-order chi connectivity index (χ1) is 34.4. The van der Waals surface area contributed by atoms with E-state index >= 15 is 0 Å². The van der Waals surface area contributed by atoms with Gasteiger partial charge >= 0.3 is 5.97 Å². The van der Waals surface area contributed by atoms with Gasteiger partial charge in [-0.2, -0.15) is 11.8 Å². The van der Waals surface area contributed by atoms with Crippen molar-refractivity contribution < 1.29 is 57.4 Å². The van der Waals surface area contributed by atoms with Crippen LogP contribution < -0.4 is 15.5 Å². The summed E-state index contributed by atoms with van der Waals surface area (Å²) in [5.41, 5.74) is 7.52. The molecular weight excluding hydrogens is 917 g/mol. The molecule has 1 unspecified atom stereocenters. The Bertz CT molecular complexity index is 2140. The molecule has 0 spiro atoms. The summed E-state index contributed by atoms with van der Waals surface area (Å²) in [5.74, 6) is 0.267. The standard InChI is InChI=1S/C53H72N4O12S/c1-3-57(4-2)45-15-16-49(47(39-45)50-38-44(17-19-54-50)53(61)55-48-14-8-11-42-10-5-6-13-46(42)48)56-52(60)43-12-7-9-41(37-43)40-70-36-35-69-34-33-68-32-31-67-30-29-66-28-27-65-26-25-64-24-23-63-22-21-62-20-18-51(58)59/h5-7,9-10,12-13,15-17,19,37-39,48H,3-4,8,11,14,18,20-36,40H2,1-2H3,(H,55,61)(H,56,60)(H,58,59). The van der Waals surface area contributed by atoms with Gasteiger partial charge in [0.2, 0.25) is 0 Å². The van der Waals surface area contributed by atoms with Gasteiger partial charge in [0.05, 0.1) is 130 Å². The number of pyridine rings is 1. The second-order valence-corrected chi connectivity index (χ2v) is 17.3. The van der Waals surface area contributed by atoms with Crippen LogP contribution in [0.3, 0.4) is 0 Å². The Kier molecular flexibility index (Phi) is 26.9. The molecule has 3 aromatic carbocycles. The Morgan fingerprint density at radius 3 is 1.86 bits per heavy atom. The summed E-state index contributed by atoms with van der Waals surface area (Å²) in [6.07, 6.45) is 4.58. The number of carboxylic acid groups (broad SMARTS) is 1. The van der Waals surface area contributed by atoms with Crippen LogP contribution in [0.1, 0.15) is 76.6 Å². The Balaban J connectivity index is 0.924. The van der Waals surface area contributed by atoms with E-state index < -0.39 is 5.97 Å². The third kappa shape index (κ3) is 20.8. The van der Waals surface area contributed by atoms with Gasteiger partial charge in [0.1, 0.15) is 0 Å². The fourth-order valence-corrected chi connectivity index (χ4v) is 8.40. The number of aryl methyl sites for hydroxylation is 1. The SMILES string of the molecule is CCN(CC)c1ccc(NC(=O)c2cccc(CSCCOCCOCCOCCOCCOCCOCCOCCOCCC(=O)O)c2)c(-c2cc(C(=O)NC3CCCc4ccccc43)ccn2)c1. The smallest absolute Gasteiger partial charge is 0.305 e. The first-order valence-corrected chi connectivity index (χ1v) is 25.6. The van der Waals surface area contributed by atoms with E-state index in [1.807, 2.05) is 54.6 Å². The average Bonchev–Trinajstić information content (AvgIpc) is 3.38. The maximum absolute atomic E-state index is 13.8. The Morgan fingerprint density at radius 1 is 0.657 bits per heavy atom. The van der Waals surface area contributed by atoms with E-state index in [1.165, 1.54) is 11.1 Å². The Morgan fingerprint density at radius 2 is 1.24 bits per heavy atom. The van der Waals surface area contributed by atoms with Crippen LogP contribution in [-0.4, -0.2) is 152 Å². The van der Waals surface area contributed by atoms with Crippen molar-refractivity contribution in [1.82, 2.24) is 10.3 Å². The third-order valence-corrected chi connectivity index (χ3v) is 12.2. The molecule has 1 atom stereocenters. The number of ether oxygens (including phenoxy) is 8. The number of aromatic nitrogens is 1. The largest absolute Gasteiger partial charge is 0.481 e. The number of carbonyl (C=O) groups excluding carboxylic acids is 2. The van der Waals surface area contributed by atoms with Crippen LogP contribution in [0, 0.1) is 0 Å². The number of nitrogens with one attached hydrogen (secondary N) is 2. The molecule has 0 bridgehead atoms. The van der Waals surface area contributed by atoms with Crippen LogP contribution in [0.25, 0.3) is 11.3 Å². The van der Waals surface area contributed by atoms with Gasteiger partial charge in [0.15, 0.2) is 0 Å². The summed E-state index contributed by atoms with van der Waals surface area (Å²) in [6, 6.07) is 25.5. The number of nitrogens with zero attached hydrogens (tertiary/aromatic N) is 2. The maximum Gasteiger partial charge on any atom is 0.305 e. The number of aliphatic carboxylic acids is 1. The molecule has 382 valence electrons. The second-order valence-electron chi connectivity index (χ2n) is 16.2. The number of carbonyl (C=O) groups is 3. The lowest BCUT2D eigenvalue weighted by Crippen LogP contribution is -2.31. The molecule has 1 aromatic heterocycles. The van der Waals surface area contributed by atoms with Crippen molar-refractivity contribution in [1.29, 1.82) is 0 Å². The van der Waals surface area contributed by atoms with E-state index in [-0.39, 0.29) is 30.9 Å². The van der Waals surface area contributed by atoms with Gasteiger partial charge in [-0.05, 0) is 92.3 Å². The summed E-state index contributed by atoms with van der Waals surface area (Å²) in [4.78, 5) is 44.8. The van der Waals surface area contributed by atoms with Crippen molar-refractivity contribution >= 4 is 40.9 Å². The molecule has 1 aliphatic rings. The molecule has 0 radical (unpaired) electrons. The molecule has 4 aromatic rings. The highest BCUT2D eigenvalue weighted by molar-refractivity contribution is 7.98. The molecule has 2 amide bonds. The number of thioether (sulfide) groups is 1. The lowest BCUT2D eigenvalue weighted by atomic mass is 9.87. The van der Waals surface area contributed by atoms with Crippen LogP contribution in [0.2, 0.25) is 0 Å². The highest BCUT2D eigenvalue weighted by Gasteiger charge is 2.23. The number of hydrogen-bond acceptors (Lipinski definition) is 14. The van der Waals surface area contributed by atoms with Crippen molar-refractivity contribution in [3.63, 3.8) is 0 Å². The molecule has 5 rings (SSSR count). The normalized spacial score (nSPS) is 13.2. The van der Waals surface area contributed by atoms with Gasteiger partial charge in [-0.1, -0.05) is 36.4 Å². The second kappa shape index (κ2) is 33.6. The predicted octanol–water partition coefficient (Wildman–Crippen LogP) is 7.50. The zero-order valence-electron chi connectivity index (χ0n) is 40.9. The molecule has 16 nitrogen and oxygen atoms in total. The van der Waals surface area contributed by atoms with Crippen LogP contribution in [0.4, 0.5) is 11.4 Å². The number of carboxylic acids is 1. The molecule has 1 aliphatic carbocycles. The van der Waals surface area contributed by atoms with Gasteiger partial charge < -0.3 is 58.5 Å². The van der Waals surface area contributed by atoms with Crippen LogP contribution in [-0.2, 0) is 54.9 Å². The number of fused-ring (bicyclic) bond motifs is 1. The first kappa shape index (κ1) is 56.0. The molecule has 0 saturated carbocycles. The molecule has 0 saturated heterocycles. The van der Waals surface area contributed by atoms with Gasteiger partial charge in [0, 0.05) is 53.2 Å². The molecule has 70 heavy (non-hydrogen) atoms. The number of benzene rings is 3. The molecular formula is C53H72N4O12S. The third-order valence-electron chi connectivity index (χ3n) is 11.2. The van der Waals surface area contributed by atoms with Gasteiger partial charge in [0.25, 0.3) is 11.8 Å². The maximum atomic E-state index is 13.8. The predicted molar refractivity (Wildman–Crippen MR) is 272 cm³/mol. The van der Waals surface area contributed by atoms with E-state index in [1.54, 1.807) is 24.0 Å². The van der Waals surface area contributed by atoms with Gasteiger partial charge in [-0.15, -0.1) is 0 Å². The topological polar surface area (TPSA) is 185 Å². The van der Waals surface area contributed by atoms with Crippen LogP contribution in [0.15, 0.2) is 85.1 Å². The molecule has 0 aliphatic heterocycles. The Hall–Kier alpha value is -4.95. The zero-order chi connectivity index (χ0) is 49.4. The number of amides is 2. The summed E-state index contributed by atoms with van der Waals surface area (Å²) in [6.45, 7) is 13.0. The van der Waals surface area contributed by atoms with E-state index in [0.717, 1.165) is 60.7 Å². The van der Waals surface area contributed by atoms with Crippen LogP contribution in [0.5, 0.6) is 0 Å². The van der Waals surface area contributed by atoms with E-state index in [0.29, 0.717) is 122 Å². The quantitative estimate of drug-likeness (QED) is 0.0377. The summed E-state index contributed by atoms with van der Waals surface area (Å²) >= 11 is 1.74. The molecule has 17 heteroatoms. The summed E-state index contributed by atoms with van der Waals surface area (Å²) in [5, 5.41) is 15.0. The summed E-state index contributed by atoms with van der Waals surface area (Å²) < 4.78 is 43.9. The fourth-order valence-electron chi connectivity index (χ4n) is 7.61. The molecule has 1 heterocycles. The number of hydrogen-bond donors (Lipinski definition) is 3. The van der Waals surface area contributed by atoms with Crippen molar-refractivity contribution in [3.8, 4) is 11.3 Å². The number of anilines is 2.